The van der Waals surface area contributed by atoms with Gasteiger partial charge in [-0.25, -0.2) is 4.68 Å². The predicted octanol–water partition coefficient (Wildman–Crippen LogP) is 4.80. The van der Waals surface area contributed by atoms with Crippen LogP contribution < -0.4 is 5.32 Å². The molecule has 4 rings (SSSR count). The number of carbonyl (C=O) groups excluding carboxylic acids is 1. The molecule has 2 heterocycles. The summed E-state index contributed by atoms with van der Waals surface area (Å²) < 4.78 is 7.02. The Balaban J connectivity index is 1.48. The summed E-state index contributed by atoms with van der Waals surface area (Å²) in [5, 5.41) is 11.6. The van der Waals surface area contributed by atoms with E-state index in [1.807, 2.05) is 31.2 Å². The standard InChI is InChI=1S/C21H17ClN4O2/c1-14-2-4-15(5-3-14)13-26-20(10-11-23-26)24-21(27)18-12-19(28-25-18)16-6-8-17(22)9-7-16/h2-12H,13H2,1H3,(H,24,27). The number of aromatic nitrogens is 3. The van der Waals surface area contributed by atoms with Crippen LogP contribution in [0.25, 0.3) is 11.3 Å². The van der Waals surface area contributed by atoms with E-state index in [4.69, 9.17) is 16.1 Å². The van der Waals surface area contributed by atoms with Crippen LogP contribution in [0.4, 0.5) is 5.82 Å². The maximum absolute atomic E-state index is 12.6. The zero-order chi connectivity index (χ0) is 19.5. The molecule has 6 nitrogen and oxygen atoms in total. The third kappa shape index (κ3) is 3.97. The molecule has 7 heteroatoms. The summed E-state index contributed by atoms with van der Waals surface area (Å²) in [7, 11) is 0. The number of aryl methyl sites for hydroxylation is 1. The molecule has 0 saturated carbocycles. The fourth-order valence-electron chi connectivity index (χ4n) is 2.74. The summed E-state index contributed by atoms with van der Waals surface area (Å²) >= 11 is 5.90. The number of nitrogens with zero attached hydrogens (tertiary/aromatic N) is 3. The Labute approximate surface area is 166 Å². The van der Waals surface area contributed by atoms with Crippen LogP contribution in [0.3, 0.4) is 0 Å². The molecule has 4 aromatic rings. The Hall–Kier alpha value is -3.38. The predicted molar refractivity (Wildman–Crippen MR) is 107 cm³/mol. The molecule has 140 valence electrons. The minimum atomic E-state index is -0.366. The van der Waals surface area contributed by atoms with Gasteiger partial charge < -0.3 is 9.84 Å². The Kier molecular flexibility index (Phi) is 4.95. The maximum Gasteiger partial charge on any atom is 0.279 e. The number of hydrogen-bond acceptors (Lipinski definition) is 4. The molecular formula is C21H17ClN4O2. The van der Waals surface area contributed by atoms with E-state index in [2.05, 4.69) is 15.6 Å². The van der Waals surface area contributed by atoms with E-state index in [1.165, 1.54) is 5.56 Å². The molecule has 0 radical (unpaired) electrons. The number of nitrogens with one attached hydrogen (secondary N) is 1. The second-order valence-electron chi connectivity index (χ2n) is 6.40. The van der Waals surface area contributed by atoms with Crippen LogP contribution in [0.1, 0.15) is 21.6 Å². The molecule has 0 spiro atoms. The lowest BCUT2D eigenvalue weighted by Gasteiger charge is -2.08. The highest BCUT2D eigenvalue weighted by Crippen LogP contribution is 2.23. The van der Waals surface area contributed by atoms with Crippen LogP contribution >= 0.6 is 11.6 Å². The molecule has 2 aromatic carbocycles. The van der Waals surface area contributed by atoms with Gasteiger partial charge in [0.05, 0.1) is 12.7 Å². The van der Waals surface area contributed by atoms with Gasteiger partial charge in [0, 0.05) is 22.7 Å². The topological polar surface area (TPSA) is 73.0 Å². The molecule has 1 amide bonds. The SMILES string of the molecule is Cc1ccc(Cn2nccc2NC(=O)c2cc(-c3ccc(Cl)cc3)on2)cc1. The third-order valence-corrected chi connectivity index (χ3v) is 4.53. The summed E-state index contributed by atoms with van der Waals surface area (Å²) in [6.07, 6.45) is 1.64. The van der Waals surface area contributed by atoms with E-state index in [0.717, 1.165) is 11.1 Å². The van der Waals surface area contributed by atoms with Crippen molar-refractivity contribution in [2.24, 2.45) is 0 Å². The van der Waals surface area contributed by atoms with Gasteiger partial charge in [-0.05, 0) is 36.8 Å². The molecule has 0 saturated heterocycles. The maximum atomic E-state index is 12.6. The third-order valence-electron chi connectivity index (χ3n) is 4.28. The molecule has 28 heavy (non-hydrogen) atoms. The first-order chi connectivity index (χ1) is 13.6. The van der Waals surface area contributed by atoms with Crippen LogP contribution in [-0.2, 0) is 6.54 Å². The second-order valence-corrected chi connectivity index (χ2v) is 6.83. The van der Waals surface area contributed by atoms with Crippen molar-refractivity contribution in [3.8, 4) is 11.3 Å². The second kappa shape index (κ2) is 7.70. The fourth-order valence-corrected chi connectivity index (χ4v) is 2.87. The van der Waals surface area contributed by atoms with Crippen LogP contribution in [0.5, 0.6) is 0 Å². The van der Waals surface area contributed by atoms with Crippen molar-refractivity contribution in [1.82, 2.24) is 14.9 Å². The van der Waals surface area contributed by atoms with Crippen molar-refractivity contribution in [2.45, 2.75) is 13.5 Å². The van der Waals surface area contributed by atoms with Crippen molar-refractivity contribution in [3.63, 3.8) is 0 Å². The molecular weight excluding hydrogens is 376 g/mol. The number of benzene rings is 2. The van der Waals surface area contributed by atoms with Gasteiger partial charge >= 0.3 is 0 Å². The van der Waals surface area contributed by atoms with E-state index >= 15 is 0 Å². The first-order valence-electron chi connectivity index (χ1n) is 8.70. The first kappa shape index (κ1) is 18.0. The van der Waals surface area contributed by atoms with Crippen LogP contribution in [-0.4, -0.2) is 20.8 Å². The summed E-state index contributed by atoms with van der Waals surface area (Å²) in [6.45, 7) is 2.59. The normalized spacial score (nSPS) is 10.8. The number of anilines is 1. The molecule has 0 bridgehead atoms. The van der Waals surface area contributed by atoms with Gasteiger partial charge in [0.25, 0.3) is 5.91 Å². The Bertz CT molecular complexity index is 1100. The summed E-state index contributed by atoms with van der Waals surface area (Å²) in [5.41, 5.74) is 3.27. The summed E-state index contributed by atoms with van der Waals surface area (Å²) in [5.74, 6) is 0.714. The quantitative estimate of drug-likeness (QED) is 0.529. The lowest BCUT2D eigenvalue weighted by Crippen LogP contribution is -2.16. The zero-order valence-corrected chi connectivity index (χ0v) is 15.8. The van der Waals surface area contributed by atoms with Gasteiger partial charge in [-0.15, -0.1) is 0 Å². The molecule has 0 aliphatic carbocycles. The number of hydrogen-bond donors (Lipinski definition) is 1. The van der Waals surface area contributed by atoms with Crippen molar-refractivity contribution in [3.05, 3.63) is 88.7 Å². The Morgan fingerprint density at radius 2 is 1.86 bits per heavy atom. The van der Waals surface area contributed by atoms with Crippen molar-refractivity contribution in [1.29, 1.82) is 0 Å². The lowest BCUT2D eigenvalue weighted by molar-refractivity contribution is 0.101. The van der Waals surface area contributed by atoms with Crippen molar-refractivity contribution >= 4 is 23.3 Å². The number of carbonyl (C=O) groups is 1. The number of rotatable bonds is 5. The van der Waals surface area contributed by atoms with E-state index < -0.39 is 0 Å². The van der Waals surface area contributed by atoms with Gasteiger partial charge in [-0.1, -0.05) is 46.6 Å². The van der Waals surface area contributed by atoms with Crippen LogP contribution in [0.2, 0.25) is 5.02 Å². The molecule has 1 N–H and O–H groups in total. The van der Waals surface area contributed by atoms with Crippen LogP contribution in [0.15, 0.2) is 71.4 Å². The Morgan fingerprint density at radius 3 is 2.61 bits per heavy atom. The van der Waals surface area contributed by atoms with E-state index in [9.17, 15) is 4.79 Å². The Morgan fingerprint density at radius 1 is 1.11 bits per heavy atom. The van der Waals surface area contributed by atoms with Gasteiger partial charge in [-0.3, -0.25) is 4.79 Å². The average Bonchev–Trinajstić information content (AvgIpc) is 3.34. The van der Waals surface area contributed by atoms with Crippen LogP contribution in [0, 0.1) is 6.92 Å². The highest BCUT2D eigenvalue weighted by molar-refractivity contribution is 6.30. The number of halogens is 1. The molecule has 0 unspecified atom stereocenters. The van der Waals surface area contributed by atoms with Gasteiger partial charge in [0.15, 0.2) is 11.5 Å². The van der Waals surface area contributed by atoms with E-state index in [0.29, 0.717) is 23.1 Å². The number of amides is 1. The van der Waals surface area contributed by atoms with Crippen molar-refractivity contribution in [2.75, 3.05) is 5.32 Å². The highest BCUT2D eigenvalue weighted by atomic mass is 35.5. The molecule has 2 aromatic heterocycles. The smallest absolute Gasteiger partial charge is 0.279 e. The first-order valence-corrected chi connectivity index (χ1v) is 9.08. The van der Waals surface area contributed by atoms with E-state index in [1.54, 1.807) is 47.3 Å². The fraction of sp³-hybridized carbons (Fsp3) is 0.0952. The minimum Gasteiger partial charge on any atom is -0.355 e. The average molecular weight is 393 g/mol. The summed E-state index contributed by atoms with van der Waals surface area (Å²) in [6, 6.07) is 18.6. The molecule has 0 aliphatic heterocycles. The van der Waals surface area contributed by atoms with Crippen molar-refractivity contribution < 1.29 is 9.32 Å². The van der Waals surface area contributed by atoms with E-state index in [-0.39, 0.29) is 11.6 Å². The zero-order valence-electron chi connectivity index (χ0n) is 15.1. The van der Waals surface area contributed by atoms with Gasteiger partial charge in [0.2, 0.25) is 0 Å². The highest BCUT2D eigenvalue weighted by Gasteiger charge is 2.16. The summed E-state index contributed by atoms with van der Waals surface area (Å²) in [4.78, 5) is 12.6. The largest absolute Gasteiger partial charge is 0.355 e. The lowest BCUT2D eigenvalue weighted by atomic mass is 10.1. The molecule has 0 aliphatic rings. The minimum absolute atomic E-state index is 0.188. The van der Waals surface area contributed by atoms with Gasteiger partial charge in [-0.2, -0.15) is 5.10 Å². The molecule has 0 atom stereocenters. The monoisotopic (exact) mass is 392 g/mol. The van der Waals surface area contributed by atoms with Gasteiger partial charge in [0.1, 0.15) is 5.82 Å². The molecule has 0 fully saturated rings.